The molecule has 1 N–H and O–H groups in total. The number of ether oxygens (including phenoxy) is 1. The number of nitrogens with one attached hydrogen (secondary N) is 1. The number of anilines is 2. The Bertz CT molecular complexity index is 1220. The number of para-hydroxylation sites is 2. The first-order valence-corrected chi connectivity index (χ1v) is 10.6. The Morgan fingerprint density at radius 1 is 1.12 bits per heavy atom. The Balaban J connectivity index is 1.57. The lowest BCUT2D eigenvalue weighted by atomic mass is 9.96. The van der Waals surface area contributed by atoms with E-state index in [1.165, 1.54) is 11.1 Å². The van der Waals surface area contributed by atoms with Crippen molar-refractivity contribution in [1.82, 2.24) is 14.8 Å². The molecule has 1 aromatic carbocycles. The lowest BCUT2D eigenvalue weighted by Gasteiger charge is -2.41. The molecule has 3 aromatic rings. The molecule has 0 spiro atoms. The van der Waals surface area contributed by atoms with Gasteiger partial charge in [-0.3, -0.25) is 14.5 Å². The zero-order chi connectivity index (χ0) is 23.8. The van der Waals surface area contributed by atoms with Gasteiger partial charge in [-0.15, -0.1) is 0 Å². The summed E-state index contributed by atoms with van der Waals surface area (Å²) in [6, 6.07) is 12.4. The van der Waals surface area contributed by atoms with Crippen molar-refractivity contribution in [3.05, 3.63) is 66.1 Å². The van der Waals surface area contributed by atoms with Crippen molar-refractivity contribution in [3.8, 4) is 5.82 Å². The van der Waals surface area contributed by atoms with E-state index in [4.69, 9.17) is 4.74 Å². The van der Waals surface area contributed by atoms with Gasteiger partial charge in [0.2, 0.25) is 5.91 Å². The van der Waals surface area contributed by atoms with Gasteiger partial charge in [-0.2, -0.15) is 5.10 Å². The third kappa shape index (κ3) is 3.97. The number of benzene rings is 1. The number of hydrogen-bond donors (Lipinski definition) is 1. The topological polar surface area (TPSA) is 106 Å². The van der Waals surface area contributed by atoms with Crippen LogP contribution in [-0.2, 0) is 14.3 Å². The van der Waals surface area contributed by atoms with E-state index in [-0.39, 0.29) is 17.4 Å². The molecule has 170 valence electrons. The number of pyridine rings is 1. The average molecular weight is 447 g/mol. The summed E-state index contributed by atoms with van der Waals surface area (Å²) in [6.07, 6.45) is 3.07. The summed E-state index contributed by atoms with van der Waals surface area (Å²) in [5, 5.41) is 7.12. The maximum absolute atomic E-state index is 13.1. The number of amides is 2. The molecule has 0 fully saturated rings. The van der Waals surface area contributed by atoms with E-state index in [1.54, 1.807) is 61.1 Å². The fourth-order valence-corrected chi connectivity index (χ4v) is 3.90. The molecule has 0 atom stereocenters. The van der Waals surface area contributed by atoms with Gasteiger partial charge in [-0.25, -0.2) is 14.5 Å². The average Bonchev–Trinajstić information content (AvgIpc) is 3.24. The van der Waals surface area contributed by atoms with E-state index < -0.39 is 24.0 Å². The van der Waals surface area contributed by atoms with Crippen LogP contribution in [0.15, 0.2) is 54.9 Å². The molecule has 0 bridgehead atoms. The van der Waals surface area contributed by atoms with Crippen molar-refractivity contribution in [3.63, 3.8) is 0 Å². The number of aromatic nitrogens is 3. The second-order valence-corrected chi connectivity index (χ2v) is 8.53. The minimum Gasteiger partial charge on any atom is -0.452 e. The maximum atomic E-state index is 13.1. The summed E-state index contributed by atoms with van der Waals surface area (Å²) < 4.78 is 6.99. The highest BCUT2D eigenvalue weighted by atomic mass is 16.5. The molecule has 9 nitrogen and oxygen atoms in total. The van der Waals surface area contributed by atoms with Crippen molar-refractivity contribution >= 4 is 29.2 Å². The SMILES string of the molecule is CC(C)c1c(C(=O)OCC(=O)N2c3ccccc3NC(=O)C2(C)C)cnn1-c1ccccn1. The highest BCUT2D eigenvalue weighted by molar-refractivity contribution is 6.14. The summed E-state index contributed by atoms with van der Waals surface area (Å²) in [5.41, 5.74) is 0.827. The molecule has 1 aliphatic heterocycles. The Labute approximate surface area is 191 Å². The molecule has 9 heteroatoms. The van der Waals surface area contributed by atoms with Gasteiger partial charge in [0.05, 0.1) is 23.3 Å². The molecular formula is C24H25N5O4. The van der Waals surface area contributed by atoms with E-state index in [0.717, 1.165) is 0 Å². The molecular weight excluding hydrogens is 422 g/mol. The minimum atomic E-state index is -1.15. The quantitative estimate of drug-likeness (QED) is 0.602. The van der Waals surface area contributed by atoms with Gasteiger partial charge >= 0.3 is 5.97 Å². The van der Waals surface area contributed by atoms with Crippen molar-refractivity contribution in [2.24, 2.45) is 0 Å². The van der Waals surface area contributed by atoms with Crippen LogP contribution in [0.2, 0.25) is 0 Å². The first-order chi connectivity index (χ1) is 15.7. The maximum Gasteiger partial charge on any atom is 0.342 e. The van der Waals surface area contributed by atoms with E-state index in [9.17, 15) is 14.4 Å². The van der Waals surface area contributed by atoms with Gasteiger partial charge < -0.3 is 10.1 Å². The van der Waals surface area contributed by atoms with Crippen LogP contribution >= 0.6 is 0 Å². The summed E-state index contributed by atoms with van der Waals surface area (Å²) in [7, 11) is 0. The van der Waals surface area contributed by atoms with Gasteiger partial charge in [0.1, 0.15) is 11.1 Å². The zero-order valence-corrected chi connectivity index (χ0v) is 18.9. The highest BCUT2D eigenvalue weighted by Gasteiger charge is 2.43. The van der Waals surface area contributed by atoms with Crippen LogP contribution in [0.5, 0.6) is 0 Å². The van der Waals surface area contributed by atoms with E-state index >= 15 is 0 Å². The minimum absolute atomic E-state index is 0.0515. The first-order valence-electron chi connectivity index (χ1n) is 10.6. The molecule has 0 saturated carbocycles. The van der Waals surface area contributed by atoms with E-state index in [2.05, 4.69) is 15.4 Å². The lowest BCUT2D eigenvalue weighted by Crippen LogP contribution is -2.59. The number of nitrogens with zero attached hydrogens (tertiary/aromatic N) is 4. The van der Waals surface area contributed by atoms with Gasteiger partial charge in [-0.1, -0.05) is 32.0 Å². The number of esters is 1. The monoisotopic (exact) mass is 447 g/mol. The summed E-state index contributed by atoms with van der Waals surface area (Å²) in [4.78, 5) is 44.3. The molecule has 0 saturated heterocycles. The number of carbonyl (C=O) groups is 3. The van der Waals surface area contributed by atoms with Crippen molar-refractivity contribution in [1.29, 1.82) is 0 Å². The summed E-state index contributed by atoms with van der Waals surface area (Å²) >= 11 is 0. The van der Waals surface area contributed by atoms with Crippen molar-refractivity contribution in [2.75, 3.05) is 16.8 Å². The van der Waals surface area contributed by atoms with Crippen LogP contribution in [0.1, 0.15) is 49.7 Å². The molecule has 0 radical (unpaired) electrons. The van der Waals surface area contributed by atoms with Gasteiger partial charge in [-0.05, 0) is 44.0 Å². The van der Waals surface area contributed by atoms with Crippen LogP contribution in [0, 0.1) is 0 Å². The Morgan fingerprint density at radius 2 is 1.85 bits per heavy atom. The Kier molecular flexibility index (Phi) is 5.71. The second-order valence-electron chi connectivity index (χ2n) is 8.53. The van der Waals surface area contributed by atoms with Crippen LogP contribution in [0.3, 0.4) is 0 Å². The van der Waals surface area contributed by atoms with Crippen molar-refractivity contribution in [2.45, 2.75) is 39.2 Å². The van der Waals surface area contributed by atoms with Crippen LogP contribution in [-0.4, -0.2) is 44.7 Å². The predicted octanol–water partition coefficient (Wildman–Crippen LogP) is 3.31. The lowest BCUT2D eigenvalue weighted by molar-refractivity contribution is -0.128. The van der Waals surface area contributed by atoms with E-state index in [1.807, 2.05) is 19.9 Å². The Morgan fingerprint density at radius 3 is 2.55 bits per heavy atom. The number of rotatable bonds is 5. The molecule has 1 aliphatic rings. The normalized spacial score (nSPS) is 14.6. The summed E-state index contributed by atoms with van der Waals surface area (Å²) in [6.45, 7) is 6.64. The molecule has 0 aliphatic carbocycles. The fourth-order valence-electron chi connectivity index (χ4n) is 3.90. The van der Waals surface area contributed by atoms with Crippen molar-refractivity contribution < 1.29 is 19.1 Å². The standard InChI is InChI=1S/C24H25N5O4/c1-15(2)21-16(13-26-29(21)19-11-7-8-12-25-19)22(31)33-14-20(30)28-18-10-6-5-9-17(18)27-23(32)24(28,3)4/h5-13,15H,14H2,1-4H3,(H,27,32). The fraction of sp³-hybridized carbons (Fsp3) is 0.292. The van der Waals surface area contributed by atoms with Gasteiger partial charge in [0.15, 0.2) is 12.4 Å². The largest absolute Gasteiger partial charge is 0.452 e. The highest BCUT2D eigenvalue weighted by Crippen LogP contribution is 2.36. The molecule has 0 unspecified atom stereocenters. The molecule has 33 heavy (non-hydrogen) atoms. The van der Waals surface area contributed by atoms with Crippen LogP contribution in [0.4, 0.5) is 11.4 Å². The number of hydrogen-bond acceptors (Lipinski definition) is 6. The third-order valence-corrected chi connectivity index (χ3v) is 5.52. The Hall–Kier alpha value is -4.01. The third-order valence-electron chi connectivity index (χ3n) is 5.52. The number of fused-ring (bicyclic) bond motifs is 1. The number of carbonyl (C=O) groups excluding carboxylic acids is 3. The van der Waals surface area contributed by atoms with Crippen LogP contribution in [0.25, 0.3) is 5.82 Å². The first kappa shape index (κ1) is 22.2. The zero-order valence-electron chi connectivity index (χ0n) is 18.9. The van der Waals surface area contributed by atoms with Gasteiger partial charge in [0, 0.05) is 6.20 Å². The van der Waals surface area contributed by atoms with Crippen LogP contribution < -0.4 is 10.2 Å². The molecule has 3 heterocycles. The molecule has 4 rings (SSSR count). The second kappa shape index (κ2) is 8.50. The van der Waals surface area contributed by atoms with Gasteiger partial charge in [0.25, 0.3) is 5.91 Å². The molecule has 2 aromatic heterocycles. The smallest absolute Gasteiger partial charge is 0.342 e. The van der Waals surface area contributed by atoms with E-state index in [0.29, 0.717) is 22.9 Å². The summed E-state index contributed by atoms with van der Waals surface area (Å²) in [5.74, 6) is -0.960. The predicted molar refractivity (Wildman–Crippen MR) is 122 cm³/mol. The molecule has 2 amide bonds.